The van der Waals surface area contributed by atoms with Crippen molar-refractivity contribution in [2.24, 2.45) is 23.0 Å². The number of hydrogen-bond donors (Lipinski definition) is 4. The fourth-order valence-electron chi connectivity index (χ4n) is 4.44. The Morgan fingerprint density at radius 2 is 1.55 bits per heavy atom. The zero-order valence-corrected chi connectivity index (χ0v) is 24.7. The van der Waals surface area contributed by atoms with Gasteiger partial charge in [0.2, 0.25) is 17.6 Å². The molecule has 2 rings (SSSR count). The molecule has 1 aliphatic heterocycles. The molecule has 1 aliphatic carbocycles. The molecule has 10 nitrogen and oxygen atoms in total. The van der Waals surface area contributed by atoms with Gasteiger partial charge < -0.3 is 26.6 Å². The maximum atomic E-state index is 13.2. The van der Waals surface area contributed by atoms with E-state index < -0.39 is 41.3 Å². The molecule has 0 aromatic carbocycles. The molecule has 2 fully saturated rings. The molecule has 218 valence electrons. The van der Waals surface area contributed by atoms with Crippen molar-refractivity contribution in [3.63, 3.8) is 0 Å². The summed E-state index contributed by atoms with van der Waals surface area (Å²) in [6.45, 7) is 16.5. The van der Waals surface area contributed by atoms with Crippen LogP contribution >= 0.6 is 0 Å². The van der Waals surface area contributed by atoms with Crippen LogP contribution in [0, 0.1) is 17.3 Å². The van der Waals surface area contributed by atoms with Crippen molar-refractivity contribution >= 4 is 29.5 Å². The SMILES string of the molecule is CC(C)(C)C.CCC[C@@H]1CC(C(=O)NC(CC2CCC2)C(=O)C(N)=O)N(C(=O)CNC(=O)NC(C)(C)C)C1. The van der Waals surface area contributed by atoms with Crippen LogP contribution in [0.15, 0.2) is 0 Å². The highest BCUT2D eigenvalue weighted by molar-refractivity contribution is 6.37. The number of amides is 5. The predicted molar refractivity (Wildman–Crippen MR) is 148 cm³/mol. The van der Waals surface area contributed by atoms with Crippen molar-refractivity contribution in [3.05, 3.63) is 0 Å². The van der Waals surface area contributed by atoms with Gasteiger partial charge in [-0.15, -0.1) is 0 Å². The molecule has 0 radical (unpaired) electrons. The topological polar surface area (TPSA) is 151 Å². The molecule has 2 aliphatic rings. The van der Waals surface area contributed by atoms with Crippen LogP contribution in [-0.2, 0) is 19.2 Å². The first kappa shape index (κ1) is 33.4. The van der Waals surface area contributed by atoms with Gasteiger partial charge in [-0.1, -0.05) is 60.3 Å². The van der Waals surface area contributed by atoms with Gasteiger partial charge in [0.1, 0.15) is 6.04 Å². The zero-order valence-electron chi connectivity index (χ0n) is 24.7. The Labute approximate surface area is 228 Å². The van der Waals surface area contributed by atoms with E-state index in [-0.39, 0.29) is 24.3 Å². The molecule has 0 bridgehead atoms. The summed E-state index contributed by atoms with van der Waals surface area (Å²) in [7, 11) is 0. The highest BCUT2D eigenvalue weighted by atomic mass is 16.2. The number of rotatable bonds is 10. The molecule has 1 saturated heterocycles. The van der Waals surface area contributed by atoms with E-state index in [9.17, 15) is 24.0 Å². The smallest absolute Gasteiger partial charge is 0.315 e. The summed E-state index contributed by atoms with van der Waals surface area (Å²) in [5, 5.41) is 7.97. The molecule has 2 unspecified atom stereocenters. The summed E-state index contributed by atoms with van der Waals surface area (Å²) in [6.07, 6.45) is 5.59. The van der Waals surface area contributed by atoms with Crippen molar-refractivity contribution in [1.82, 2.24) is 20.9 Å². The lowest BCUT2D eigenvalue weighted by Crippen LogP contribution is -2.55. The highest BCUT2D eigenvalue weighted by Crippen LogP contribution is 2.31. The Kier molecular flexibility index (Phi) is 12.7. The van der Waals surface area contributed by atoms with Gasteiger partial charge in [0.05, 0.1) is 12.6 Å². The number of carbonyl (C=O) groups excluding carboxylic acids is 5. The summed E-state index contributed by atoms with van der Waals surface area (Å²) in [5.74, 6) is -2.28. The second kappa shape index (κ2) is 14.5. The Balaban J connectivity index is 0.00000132. The second-order valence-corrected chi connectivity index (χ2v) is 13.3. The molecule has 1 saturated carbocycles. The fourth-order valence-corrected chi connectivity index (χ4v) is 4.44. The Bertz CT molecular complexity index is 836. The monoisotopic (exact) mass is 537 g/mol. The second-order valence-electron chi connectivity index (χ2n) is 13.3. The molecule has 0 aromatic rings. The average molecular weight is 538 g/mol. The summed E-state index contributed by atoms with van der Waals surface area (Å²) >= 11 is 0. The minimum atomic E-state index is -1.07. The number of nitrogens with zero attached hydrogens (tertiary/aromatic N) is 1. The van der Waals surface area contributed by atoms with E-state index in [0.717, 1.165) is 32.1 Å². The van der Waals surface area contributed by atoms with Crippen molar-refractivity contribution in [2.75, 3.05) is 13.1 Å². The van der Waals surface area contributed by atoms with Gasteiger partial charge >= 0.3 is 6.03 Å². The van der Waals surface area contributed by atoms with Crippen molar-refractivity contribution < 1.29 is 24.0 Å². The Hall–Kier alpha value is -2.65. The molecular weight excluding hydrogens is 486 g/mol. The van der Waals surface area contributed by atoms with E-state index in [1.165, 1.54) is 4.90 Å². The van der Waals surface area contributed by atoms with Crippen LogP contribution in [0.25, 0.3) is 0 Å². The lowest BCUT2D eigenvalue weighted by Gasteiger charge is -2.30. The molecule has 0 aromatic heterocycles. The number of primary amides is 1. The van der Waals surface area contributed by atoms with Crippen LogP contribution in [0.3, 0.4) is 0 Å². The number of likely N-dealkylation sites (tertiary alicyclic amines) is 1. The van der Waals surface area contributed by atoms with Crippen LogP contribution in [0.1, 0.15) is 100 Å². The molecule has 5 N–H and O–H groups in total. The van der Waals surface area contributed by atoms with E-state index >= 15 is 0 Å². The van der Waals surface area contributed by atoms with Gasteiger partial charge in [0.15, 0.2) is 0 Å². The fraction of sp³-hybridized carbons (Fsp3) is 0.821. The molecule has 38 heavy (non-hydrogen) atoms. The minimum Gasteiger partial charge on any atom is -0.363 e. The standard InChI is InChI=1S/C23H39N5O5.C5H12/c1-5-7-15-11-17(28(13-15)18(29)12-25-22(33)27-23(2,3)4)21(32)26-16(19(30)20(24)31)10-14-8-6-9-14;1-5(2,3)4/h14-17H,5-13H2,1-4H3,(H2,24,31)(H,26,32)(H2,25,27,33);1-4H3/t15-,16?,17?;/m1./s1. The lowest BCUT2D eigenvalue weighted by atomic mass is 9.80. The van der Waals surface area contributed by atoms with Gasteiger partial charge in [-0.3, -0.25) is 19.2 Å². The quantitative estimate of drug-likeness (QED) is 0.316. The number of nitrogens with one attached hydrogen (secondary N) is 3. The predicted octanol–water partition coefficient (Wildman–Crippen LogP) is 2.88. The van der Waals surface area contributed by atoms with E-state index in [2.05, 4.69) is 43.6 Å². The van der Waals surface area contributed by atoms with Gasteiger partial charge in [-0.05, 0) is 57.3 Å². The first-order valence-corrected chi connectivity index (χ1v) is 13.9. The van der Waals surface area contributed by atoms with Crippen molar-refractivity contribution in [1.29, 1.82) is 0 Å². The van der Waals surface area contributed by atoms with Crippen LogP contribution in [-0.4, -0.2) is 65.1 Å². The number of Topliss-reactive ketones (excluding diaryl/α,β-unsaturated/α-hetero) is 1. The highest BCUT2D eigenvalue weighted by Gasteiger charge is 2.41. The summed E-state index contributed by atoms with van der Waals surface area (Å²) in [5.41, 5.74) is 5.25. The first-order valence-electron chi connectivity index (χ1n) is 13.9. The molecule has 0 spiro atoms. The summed E-state index contributed by atoms with van der Waals surface area (Å²) in [4.78, 5) is 63.4. The number of ketones is 1. The lowest BCUT2D eigenvalue weighted by molar-refractivity contribution is -0.141. The number of urea groups is 1. The third-order valence-electron chi connectivity index (χ3n) is 6.27. The van der Waals surface area contributed by atoms with E-state index in [1.54, 1.807) is 0 Å². The van der Waals surface area contributed by atoms with Crippen LogP contribution in [0.5, 0.6) is 0 Å². The first-order chi connectivity index (χ1) is 17.4. The summed E-state index contributed by atoms with van der Waals surface area (Å²) < 4.78 is 0. The van der Waals surface area contributed by atoms with E-state index in [1.807, 2.05) is 27.7 Å². The van der Waals surface area contributed by atoms with Crippen molar-refractivity contribution in [2.45, 2.75) is 118 Å². The largest absolute Gasteiger partial charge is 0.363 e. The molecule has 1 heterocycles. The van der Waals surface area contributed by atoms with Gasteiger partial charge in [-0.25, -0.2) is 4.79 Å². The third kappa shape index (κ3) is 12.7. The van der Waals surface area contributed by atoms with Gasteiger partial charge in [0.25, 0.3) is 5.91 Å². The van der Waals surface area contributed by atoms with Crippen LogP contribution in [0.4, 0.5) is 4.79 Å². The van der Waals surface area contributed by atoms with Crippen LogP contribution in [0.2, 0.25) is 0 Å². The normalized spacial score (nSPS) is 20.4. The maximum absolute atomic E-state index is 13.2. The van der Waals surface area contributed by atoms with Crippen LogP contribution < -0.4 is 21.7 Å². The van der Waals surface area contributed by atoms with Crippen molar-refractivity contribution in [3.8, 4) is 0 Å². The number of nitrogens with two attached hydrogens (primary N) is 1. The Morgan fingerprint density at radius 3 is 2.00 bits per heavy atom. The van der Waals surface area contributed by atoms with E-state index in [0.29, 0.717) is 24.8 Å². The average Bonchev–Trinajstić information content (AvgIpc) is 3.15. The Morgan fingerprint density at radius 1 is 0.974 bits per heavy atom. The number of carbonyl (C=O) groups is 5. The van der Waals surface area contributed by atoms with Gasteiger partial charge in [-0.2, -0.15) is 0 Å². The van der Waals surface area contributed by atoms with Gasteiger partial charge in [0, 0.05) is 12.1 Å². The van der Waals surface area contributed by atoms with E-state index in [4.69, 9.17) is 5.73 Å². The summed E-state index contributed by atoms with van der Waals surface area (Å²) in [6, 6.07) is -2.20. The minimum absolute atomic E-state index is 0.148. The molecule has 5 amide bonds. The molecule has 3 atom stereocenters. The zero-order chi connectivity index (χ0) is 29.3. The molecular formula is C28H51N5O5. The number of hydrogen-bond acceptors (Lipinski definition) is 5. The third-order valence-corrected chi connectivity index (χ3v) is 6.27. The maximum Gasteiger partial charge on any atom is 0.315 e. The molecule has 10 heteroatoms.